The van der Waals surface area contributed by atoms with Gasteiger partial charge in [-0.05, 0) is 18.6 Å². The zero-order valence-electron chi connectivity index (χ0n) is 10.9. The second-order valence-corrected chi connectivity index (χ2v) is 4.53. The van der Waals surface area contributed by atoms with Crippen LogP contribution in [0.25, 0.3) is 0 Å². The first-order chi connectivity index (χ1) is 9.50. The van der Waals surface area contributed by atoms with Crippen molar-refractivity contribution in [1.29, 1.82) is 0 Å². The van der Waals surface area contributed by atoms with Gasteiger partial charge in [0.05, 0.1) is 18.3 Å². The molecule has 0 aliphatic carbocycles. The maximum absolute atomic E-state index is 13.5. The Balaban J connectivity index is 2.15. The molecular weight excluding hydrogens is 267 g/mol. The van der Waals surface area contributed by atoms with Crippen LogP contribution in [0.2, 0.25) is 0 Å². The number of urea groups is 1. The maximum atomic E-state index is 13.5. The van der Waals surface area contributed by atoms with E-state index in [0.717, 1.165) is 12.5 Å². The highest BCUT2D eigenvalue weighted by molar-refractivity contribution is 6.00. The fraction of sp³-hybridized carbons (Fsp3) is 0.385. The van der Waals surface area contributed by atoms with Crippen molar-refractivity contribution < 1.29 is 23.8 Å². The van der Waals surface area contributed by atoms with Crippen LogP contribution in [0, 0.1) is 5.82 Å². The number of halogens is 1. The van der Waals surface area contributed by atoms with Crippen LogP contribution in [0.4, 0.5) is 14.9 Å². The van der Waals surface area contributed by atoms with Gasteiger partial charge >= 0.3 is 12.0 Å². The van der Waals surface area contributed by atoms with E-state index in [2.05, 4.69) is 5.32 Å². The number of benzene rings is 1. The number of carbonyl (C=O) groups is 2. The first-order valence-electron chi connectivity index (χ1n) is 6.14. The summed E-state index contributed by atoms with van der Waals surface area (Å²) in [5.74, 6) is -2.31. The molecule has 20 heavy (non-hydrogen) atoms. The molecule has 1 saturated heterocycles. The number of nitrogens with zero attached hydrogens (tertiary/aromatic N) is 1. The van der Waals surface area contributed by atoms with Gasteiger partial charge in [-0.2, -0.15) is 0 Å². The van der Waals surface area contributed by atoms with Gasteiger partial charge in [0.1, 0.15) is 11.4 Å². The van der Waals surface area contributed by atoms with E-state index >= 15 is 0 Å². The third-order valence-corrected chi connectivity index (χ3v) is 3.24. The van der Waals surface area contributed by atoms with Gasteiger partial charge in [0.2, 0.25) is 0 Å². The van der Waals surface area contributed by atoms with Crippen molar-refractivity contribution in [3.05, 3.63) is 29.6 Å². The van der Waals surface area contributed by atoms with Crippen molar-refractivity contribution in [3.8, 4) is 0 Å². The fourth-order valence-electron chi connectivity index (χ4n) is 2.04. The number of rotatable bonds is 3. The number of anilines is 1. The molecule has 0 aromatic heterocycles. The summed E-state index contributed by atoms with van der Waals surface area (Å²) in [6.45, 7) is 1.03. The van der Waals surface area contributed by atoms with E-state index in [1.165, 1.54) is 17.0 Å². The minimum Gasteiger partial charge on any atom is -0.478 e. The van der Waals surface area contributed by atoms with Crippen LogP contribution in [-0.2, 0) is 4.74 Å². The van der Waals surface area contributed by atoms with Crippen molar-refractivity contribution in [3.63, 3.8) is 0 Å². The van der Waals surface area contributed by atoms with E-state index in [0.29, 0.717) is 13.2 Å². The number of carboxylic acid groups (broad SMARTS) is 1. The lowest BCUT2D eigenvalue weighted by Crippen LogP contribution is -2.40. The molecule has 0 spiro atoms. The second kappa shape index (κ2) is 5.87. The molecule has 0 radical (unpaired) electrons. The summed E-state index contributed by atoms with van der Waals surface area (Å²) in [7, 11) is 1.59. The predicted molar refractivity (Wildman–Crippen MR) is 69.4 cm³/mol. The van der Waals surface area contributed by atoms with Gasteiger partial charge < -0.3 is 20.1 Å². The number of carboxylic acids is 1. The van der Waals surface area contributed by atoms with Crippen LogP contribution < -0.4 is 5.32 Å². The topological polar surface area (TPSA) is 78.9 Å². The average molecular weight is 282 g/mol. The highest BCUT2D eigenvalue weighted by Gasteiger charge is 2.25. The number of hydrogen-bond donors (Lipinski definition) is 2. The Morgan fingerprint density at radius 3 is 2.85 bits per heavy atom. The van der Waals surface area contributed by atoms with E-state index in [9.17, 15) is 14.0 Å². The molecular formula is C13H15FN2O4. The van der Waals surface area contributed by atoms with E-state index in [1.807, 2.05) is 0 Å². The molecule has 2 N–H and O–H groups in total. The summed E-state index contributed by atoms with van der Waals surface area (Å²) in [5.41, 5.74) is -0.606. The lowest BCUT2D eigenvalue weighted by molar-refractivity contribution is 0.0693. The quantitative estimate of drug-likeness (QED) is 0.885. The molecule has 1 heterocycles. The van der Waals surface area contributed by atoms with Crippen molar-refractivity contribution in [1.82, 2.24) is 4.90 Å². The molecule has 1 unspecified atom stereocenters. The van der Waals surface area contributed by atoms with Gasteiger partial charge in [0.25, 0.3) is 0 Å². The average Bonchev–Trinajstić information content (AvgIpc) is 2.91. The van der Waals surface area contributed by atoms with Crippen LogP contribution in [-0.4, -0.2) is 48.3 Å². The summed E-state index contributed by atoms with van der Waals surface area (Å²) >= 11 is 0. The van der Waals surface area contributed by atoms with Crippen molar-refractivity contribution in [2.24, 2.45) is 0 Å². The largest absolute Gasteiger partial charge is 0.478 e. The molecule has 0 bridgehead atoms. The number of aromatic carboxylic acids is 1. The number of carbonyl (C=O) groups excluding carboxylic acids is 1. The Kier molecular flexibility index (Phi) is 4.19. The van der Waals surface area contributed by atoms with Crippen LogP contribution in [0.15, 0.2) is 18.2 Å². The molecule has 1 aliphatic heterocycles. The summed E-state index contributed by atoms with van der Waals surface area (Å²) in [6, 6.07) is 3.18. The van der Waals surface area contributed by atoms with Gasteiger partial charge in [0.15, 0.2) is 0 Å². The minimum atomic E-state index is -1.43. The zero-order valence-corrected chi connectivity index (χ0v) is 10.9. The molecule has 1 atom stereocenters. The summed E-state index contributed by atoms with van der Waals surface area (Å²) in [4.78, 5) is 24.5. The van der Waals surface area contributed by atoms with Gasteiger partial charge in [-0.15, -0.1) is 0 Å². The predicted octanol–water partition coefficient (Wildman–Crippen LogP) is 1.78. The Labute approximate surface area is 115 Å². The number of hydrogen-bond acceptors (Lipinski definition) is 3. The van der Waals surface area contributed by atoms with Gasteiger partial charge in [-0.25, -0.2) is 14.0 Å². The van der Waals surface area contributed by atoms with E-state index in [4.69, 9.17) is 9.84 Å². The maximum Gasteiger partial charge on any atom is 0.340 e. The molecule has 0 saturated carbocycles. The Morgan fingerprint density at radius 1 is 1.50 bits per heavy atom. The first kappa shape index (κ1) is 14.3. The van der Waals surface area contributed by atoms with Crippen LogP contribution in [0.3, 0.4) is 0 Å². The third kappa shape index (κ3) is 2.88. The van der Waals surface area contributed by atoms with Crippen LogP contribution >= 0.6 is 0 Å². The molecule has 1 aromatic carbocycles. The summed E-state index contributed by atoms with van der Waals surface area (Å²) in [6.07, 6.45) is 0.721. The zero-order chi connectivity index (χ0) is 14.7. The molecule has 7 heteroatoms. The molecule has 108 valence electrons. The summed E-state index contributed by atoms with van der Waals surface area (Å²) in [5, 5.41) is 11.4. The standard InChI is InChI=1S/C13H15FN2O4/c1-16(8-5-6-20-7-8)13(19)15-10-4-2-3-9(14)11(10)12(17)18/h2-4,8H,5-7H2,1H3,(H,15,19)(H,17,18). The lowest BCUT2D eigenvalue weighted by Gasteiger charge is -2.23. The third-order valence-electron chi connectivity index (χ3n) is 3.24. The molecule has 1 aromatic rings. The van der Waals surface area contributed by atoms with E-state index < -0.39 is 23.4 Å². The van der Waals surface area contributed by atoms with Crippen molar-refractivity contribution in [2.45, 2.75) is 12.5 Å². The fourth-order valence-corrected chi connectivity index (χ4v) is 2.04. The summed E-state index contributed by atoms with van der Waals surface area (Å²) < 4.78 is 18.7. The molecule has 1 fully saturated rings. The van der Waals surface area contributed by atoms with Gasteiger partial charge in [0, 0.05) is 13.7 Å². The number of ether oxygens (including phenoxy) is 1. The lowest BCUT2D eigenvalue weighted by atomic mass is 10.1. The SMILES string of the molecule is CN(C(=O)Nc1cccc(F)c1C(=O)O)C1CCOC1. The van der Waals surface area contributed by atoms with Gasteiger partial charge in [-0.3, -0.25) is 0 Å². The Hall–Kier alpha value is -2.15. The van der Waals surface area contributed by atoms with Gasteiger partial charge in [-0.1, -0.05) is 6.07 Å². The molecule has 6 nitrogen and oxygen atoms in total. The minimum absolute atomic E-state index is 0.0585. The second-order valence-electron chi connectivity index (χ2n) is 4.53. The monoisotopic (exact) mass is 282 g/mol. The van der Waals surface area contributed by atoms with Crippen molar-refractivity contribution >= 4 is 17.7 Å². The van der Waals surface area contributed by atoms with Crippen LogP contribution in [0.1, 0.15) is 16.8 Å². The van der Waals surface area contributed by atoms with Crippen LogP contribution in [0.5, 0.6) is 0 Å². The van der Waals surface area contributed by atoms with E-state index in [1.54, 1.807) is 7.05 Å². The Morgan fingerprint density at radius 2 is 2.25 bits per heavy atom. The Bertz CT molecular complexity index is 529. The smallest absolute Gasteiger partial charge is 0.340 e. The molecule has 2 amide bonds. The number of amides is 2. The molecule has 2 rings (SSSR count). The van der Waals surface area contributed by atoms with Crippen molar-refractivity contribution in [2.75, 3.05) is 25.6 Å². The number of likely N-dealkylation sites (N-methyl/N-ethyl adjacent to an activating group) is 1. The number of nitrogens with one attached hydrogen (secondary N) is 1. The highest BCUT2D eigenvalue weighted by atomic mass is 19.1. The normalized spacial score (nSPS) is 17.8. The van der Waals surface area contributed by atoms with E-state index in [-0.39, 0.29) is 11.7 Å². The molecule has 1 aliphatic rings. The first-order valence-corrected chi connectivity index (χ1v) is 6.14. The highest BCUT2D eigenvalue weighted by Crippen LogP contribution is 2.20.